The van der Waals surface area contributed by atoms with Crippen LogP contribution in [0.1, 0.15) is 29.8 Å². The molecule has 18 heavy (non-hydrogen) atoms. The molecule has 0 radical (unpaired) electrons. The van der Waals surface area contributed by atoms with Gasteiger partial charge in [-0.3, -0.25) is 5.32 Å². The van der Waals surface area contributed by atoms with Crippen LogP contribution < -0.4 is 5.32 Å². The van der Waals surface area contributed by atoms with E-state index in [2.05, 4.69) is 5.32 Å². The third-order valence-electron chi connectivity index (χ3n) is 2.89. The Hall–Kier alpha value is -0.750. The number of rotatable bonds is 2. The zero-order valence-corrected chi connectivity index (χ0v) is 10.5. The molecule has 2 atom stereocenters. The molecule has 0 bridgehead atoms. The first-order valence-electron chi connectivity index (χ1n) is 5.65. The van der Waals surface area contributed by atoms with Gasteiger partial charge in [0.15, 0.2) is 0 Å². The molecule has 1 saturated heterocycles. The first-order valence-corrected chi connectivity index (χ1v) is 6.70. The molecule has 1 fully saturated rings. The highest BCUT2D eigenvalue weighted by atomic mass is 32.2. The Morgan fingerprint density at radius 2 is 2.06 bits per heavy atom. The monoisotopic (exact) mass is 279 g/mol. The lowest BCUT2D eigenvalue weighted by Gasteiger charge is -2.15. The van der Waals surface area contributed by atoms with Crippen molar-refractivity contribution in [2.45, 2.75) is 30.9 Å². The maximum Gasteiger partial charge on any atom is 0.416 e. The molecule has 0 saturated carbocycles. The first kappa shape index (κ1) is 13.7. The molecule has 2 unspecified atom stereocenters. The van der Waals surface area contributed by atoms with E-state index in [1.165, 1.54) is 11.8 Å². The first-order chi connectivity index (χ1) is 8.40. The van der Waals surface area contributed by atoms with E-state index in [-0.39, 0.29) is 11.4 Å². The summed E-state index contributed by atoms with van der Waals surface area (Å²) in [7, 11) is 0. The second kappa shape index (κ2) is 5.09. The zero-order valence-electron chi connectivity index (χ0n) is 9.72. The largest absolute Gasteiger partial charge is 0.416 e. The number of benzene rings is 1. The Balaban J connectivity index is 2.26. The third kappa shape index (κ3) is 2.98. The quantitative estimate of drug-likeness (QED) is 0.822. The third-order valence-corrected chi connectivity index (χ3v) is 4.23. The van der Waals surface area contributed by atoms with Gasteiger partial charge in [0.05, 0.1) is 10.9 Å². The Morgan fingerprint density at radius 3 is 2.61 bits per heavy atom. The van der Waals surface area contributed by atoms with Crippen molar-refractivity contribution < 1.29 is 17.6 Å². The minimum absolute atomic E-state index is 0.258. The minimum atomic E-state index is -4.51. The number of hydrogen-bond donors (Lipinski definition) is 1. The van der Waals surface area contributed by atoms with Crippen molar-refractivity contribution in [2.24, 2.45) is 0 Å². The van der Waals surface area contributed by atoms with Crippen LogP contribution in [0.2, 0.25) is 0 Å². The molecule has 2 rings (SSSR count). The summed E-state index contributed by atoms with van der Waals surface area (Å²) in [5.74, 6) is -0.0128. The molecule has 6 heteroatoms. The van der Waals surface area contributed by atoms with Crippen LogP contribution in [0.5, 0.6) is 0 Å². The molecular weight excluding hydrogens is 266 g/mol. The maximum atomic E-state index is 13.3. The van der Waals surface area contributed by atoms with E-state index < -0.39 is 17.6 Å². The Bertz CT molecular complexity index is 433. The zero-order chi connectivity index (χ0) is 13.3. The van der Waals surface area contributed by atoms with Crippen LogP contribution in [-0.4, -0.2) is 11.8 Å². The van der Waals surface area contributed by atoms with Crippen molar-refractivity contribution in [1.82, 2.24) is 5.32 Å². The molecule has 1 aromatic carbocycles. The fourth-order valence-corrected chi connectivity index (χ4v) is 3.25. The van der Waals surface area contributed by atoms with Gasteiger partial charge in [-0.1, -0.05) is 6.92 Å². The number of halogens is 4. The van der Waals surface area contributed by atoms with Crippen molar-refractivity contribution in [3.63, 3.8) is 0 Å². The molecule has 1 heterocycles. The molecular formula is C12H13F4NS. The molecule has 1 N–H and O–H groups in total. The standard InChI is InChI=1S/C12H13F4NS/c1-2-10-6-18-11(17-10)7-3-8(12(14,15)16)5-9(13)4-7/h3-5,10-11,17H,2,6H2,1H3. The van der Waals surface area contributed by atoms with Gasteiger partial charge in [-0.25, -0.2) is 4.39 Å². The molecule has 0 amide bonds. The fraction of sp³-hybridized carbons (Fsp3) is 0.500. The van der Waals surface area contributed by atoms with Gasteiger partial charge in [-0.05, 0) is 30.2 Å². The normalized spacial score (nSPS) is 24.5. The predicted octanol–water partition coefficient (Wildman–Crippen LogP) is 3.96. The molecule has 0 aliphatic carbocycles. The summed E-state index contributed by atoms with van der Waals surface area (Å²) < 4.78 is 51.0. The number of hydrogen-bond acceptors (Lipinski definition) is 2. The van der Waals surface area contributed by atoms with Crippen molar-refractivity contribution in [3.8, 4) is 0 Å². The Morgan fingerprint density at radius 1 is 1.33 bits per heavy atom. The average molecular weight is 279 g/mol. The van der Waals surface area contributed by atoms with E-state index in [1.54, 1.807) is 0 Å². The highest BCUT2D eigenvalue weighted by molar-refractivity contribution is 7.99. The van der Waals surface area contributed by atoms with E-state index in [0.717, 1.165) is 24.3 Å². The van der Waals surface area contributed by atoms with Gasteiger partial charge in [0, 0.05) is 11.8 Å². The van der Waals surface area contributed by atoms with Crippen LogP contribution >= 0.6 is 11.8 Å². The SMILES string of the molecule is CCC1CSC(c2cc(F)cc(C(F)(F)F)c2)N1. The van der Waals surface area contributed by atoms with Crippen molar-refractivity contribution in [3.05, 3.63) is 35.1 Å². The van der Waals surface area contributed by atoms with E-state index in [4.69, 9.17) is 0 Å². The van der Waals surface area contributed by atoms with Gasteiger partial charge in [0.25, 0.3) is 0 Å². The highest BCUT2D eigenvalue weighted by Crippen LogP contribution is 2.37. The predicted molar refractivity (Wildman–Crippen MR) is 63.8 cm³/mol. The molecule has 1 aliphatic heterocycles. The van der Waals surface area contributed by atoms with Crippen molar-refractivity contribution in [1.29, 1.82) is 0 Å². The maximum absolute atomic E-state index is 13.3. The van der Waals surface area contributed by atoms with Crippen molar-refractivity contribution in [2.75, 3.05) is 5.75 Å². The van der Waals surface area contributed by atoms with Crippen LogP contribution in [0.15, 0.2) is 18.2 Å². The smallest absolute Gasteiger partial charge is 0.298 e. The van der Waals surface area contributed by atoms with Crippen LogP contribution in [-0.2, 0) is 6.18 Å². The minimum Gasteiger partial charge on any atom is -0.298 e. The summed E-state index contributed by atoms with van der Waals surface area (Å²) in [4.78, 5) is 0. The second-order valence-corrected chi connectivity index (χ2v) is 5.39. The van der Waals surface area contributed by atoms with Crippen LogP contribution in [0.3, 0.4) is 0 Å². The van der Waals surface area contributed by atoms with Gasteiger partial charge in [-0.2, -0.15) is 13.2 Å². The molecule has 100 valence electrons. The van der Waals surface area contributed by atoms with Gasteiger partial charge in [0.1, 0.15) is 5.82 Å². The van der Waals surface area contributed by atoms with E-state index in [0.29, 0.717) is 11.6 Å². The van der Waals surface area contributed by atoms with Gasteiger partial charge < -0.3 is 0 Å². The lowest BCUT2D eigenvalue weighted by molar-refractivity contribution is -0.137. The van der Waals surface area contributed by atoms with Crippen LogP contribution in [0.4, 0.5) is 17.6 Å². The number of thioether (sulfide) groups is 1. The van der Waals surface area contributed by atoms with Gasteiger partial charge >= 0.3 is 6.18 Å². The second-order valence-electron chi connectivity index (χ2n) is 4.26. The Labute approximate surface area is 107 Å². The molecule has 0 aromatic heterocycles. The fourth-order valence-electron chi connectivity index (χ4n) is 1.88. The van der Waals surface area contributed by atoms with Crippen LogP contribution in [0, 0.1) is 5.82 Å². The van der Waals surface area contributed by atoms with Crippen molar-refractivity contribution >= 4 is 11.8 Å². The summed E-state index contributed by atoms with van der Waals surface area (Å²) in [5, 5.41) is 2.93. The topological polar surface area (TPSA) is 12.0 Å². The average Bonchev–Trinajstić information content (AvgIpc) is 2.75. The summed E-state index contributed by atoms with van der Waals surface area (Å²) in [6.45, 7) is 2.01. The summed E-state index contributed by atoms with van der Waals surface area (Å²) >= 11 is 1.51. The highest BCUT2D eigenvalue weighted by Gasteiger charge is 2.33. The molecule has 1 nitrogen and oxygen atoms in total. The van der Waals surface area contributed by atoms with E-state index >= 15 is 0 Å². The molecule has 1 aromatic rings. The lowest BCUT2D eigenvalue weighted by Crippen LogP contribution is -2.24. The van der Waals surface area contributed by atoms with E-state index in [9.17, 15) is 17.6 Å². The molecule has 0 spiro atoms. The summed E-state index contributed by atoms with van der Waals surface area (Å²) in [6.07, 6.45) is -3.60. The lowest BCUT2D eigenvalue weighted by atomic mass is 10.1. The number of nitrogens with one attached hydrogen (secondary N) is 1. The Kier molecular flexibility index (Phi) is 3.87. The van der Waals surface area contributed by atoms with Gasteiger partial charge in [-0.15, -0.1) is 11.8 Å². The summed E-state index contributed by atoms with van der Waals surface area (Å²) in [5.41, 5.74) is -0.580. The van der Waals surface area contributed by atoms with Crippen LogP contribution in [0.25, 0.3) is 0 Å². The summed E-state index contributed by atoms with van der Waals surface area (Å²) in [6, 6.07) is 2.99. The molecule has 1 aliphatic rings. The number of alkyl halides is 3. The van der Waals surface area contributed by atoms with Gasteiger partial charge in [0.2, 0.25) is 0 Å². The van der Waals surface area contributed by atoms with E-state index in [1.807, 2.05) is 6.92 Å².